The number of carboxylic acids is 1. The van der Waals surface area contributed by atoms with Gasteiger partial charge in [-0.1, -0.05) is 11.8 Å². The number of hydrogen-bond acceptors (Lipinski definition) is 4. The van der Waals surface area contributed by atoms with E-state index in [1.54, 1.807) is 0 Å². The standard InChI is InChI=1S/C11H8N2O5/c12-10(14)3-1-2-7-4-5-9(13(17)18)8(6-7)11(15)16/h4-6H,3H2,(H2,12,14)(H,15,16). The smallest absolute Gasteiger partial charge is 0.342 e. The minimum Gasteiger partial charge on any atom is -0.477 e. The first-order valence-electron chi connectivity index (χ1n) is 4.70. The summed E-state index contributed by atoms with van der Waals surface area (Å²) in [6.07, 6.45) is -0.167. The van der Waals surface area contributed by atoms with Crippen molar-refractivity contribution in [3.05, 3.63) is 39.4 Å². The van der Waals surface area contributed by atoms with Crippen molar-refractivity contribution in [2.45, 2.75) is 6.42 Å². The fraction of sp³-hybridized carbons (Fsp3) is 0.0909. The number of nitro groups is 1. The lowest BCUT2D eigenvalue weighted by atomic mass is 10.1. The number of aromatic carboxylic acids is 1. The summed E-state index contributed by atoms with van der Waals surface area (Å²) in [5.74, 6) is 2.90. The average molecular weight is 248 g/mol. The van der Waals surface area contributed by atoms with Crippen molar-refractivity contribution in [1.29, 1.82) is 0 Å². The number of amides is 1. The maximum absolute atomic E-state index is 10.8. The summed E-state index contributed by atoms with van der Waals surface area (Å²) in [4.78, 5) is 31.1. The fourth-order valence-electron chi connectivity index (χ4n) is 1.18. The van der Waals surface area contributed by atoms with Crippen LogP contribution in [0.15, 0.2) is 18.2 Å². The minimum absolute atomic E-state index is 0.167. The highest BCUT2D eigenvalue weighted by molar-refractivity contribution is 5.92. The molecule has 1 aromatic rings. The molecule has 0 radical (unpaired) electrons. The van der Waals surface area contributed by atoms with E-state index in [0.29, 0.717) is 0 Å². The number of nitrogens with two attached hydrogens (primary N) is 1. The number of nitro benzene ring substituents is 1. The van der Waals surface area contributed by atoms with Crippen LogP contribution in [0.2, 0.25) is 0 Å². The van der Waals surface area contributed by atoms with E-state index in [4.69, 9.17) is 10.8 Å². The summed E-state index contributed by atoms with van der Waals surface area (Å²) in [5.41, 5.74) is 4.17. The SMILES string of the molecule is NC(=O)CC#Cc1ccc([N+](=O)[O-])c(C(=O)O)c1. The maximum atomic E-state index is 10.8. The molecule has 0 aromatic heterocycles. The van der Waals surface area contributed by atoms with Crippen LogP contribution in [0.3, 0.4) is 0 Å². The summed E-state index contributed by atoms with van der Waals surface area (Å²) in [7, 11) is 0. The molecule has 92 valence electrons. The van der Waals surface area contributed by atoms with Gasteiger partial charge in [-0.15, -0.1) is 0 Å². The molecule has 0 spiro atoms. The van der Waals surface area contributed by atoms with Crippen molar-refractivity contribution in [3.63, 3.8) is 0 Å². The van der Waals surface area contributed by atoms with E-state index in [0.717, 1.165) is 12.1 Å². The third kappa shape index (κ3) is 3.31. The van der Waals surface area contributed by atoms with E-state index in [1.807, 2.05) is 0 Å². The zero-order valence-electron chi connectivity index (χ0n) is 9.04. The Kier molecular flexibility index (Phi) is 3.99. The Morgan fingerprint density at radius 2 is 2.11 bits per heavy atom. The highest BCUT2D eigenvalue weighted by Gasteiger charge is 2.19. The van der Waals surface area contributed by atoms with Gasteiger partial charge in [0.15, 0.2) is 0 Å². The van der Waals surface area contributed by atoms with Crippen LogP contribution in [0.1, 0.15) is 22.3 Å². The molecule has 1 rings (SSSR count). The van der Waals surface area contributed by atoms with E-state index in [2.05, 4.69) is 11.8 Å². The molecule has 0 saturated carbocycles. The highest BCUT2D eigenvalue weighted by Crippen LogP contribution is 2.19. The van der Waals surface area contributed by atoms with Crippen LogP contribution < -0.4 is 5.73 Å². The van der Waals surface area contributed by atoms with Crippen LogP contribution in [-0.4, -0.2) is 21.9 Å². The molecule has 0 saturated heterocycles. The normalized spacial score (nSPS) is 9.11. The summed E-state index contributed by atoms with van der Waals surface area (Å²) >= 11 is 0. The van der Waals surface area contributed by atoms with Gasteiger partial charge in [0.2, 0.25) is 5.91 Å². The summed E-state index contributed by atoms with van der Waals surface area (Å²) in [6.45, 7) is 0. The van der Waals surface area contributed by atoms with Gasteiger partial charge in [0.1, 0.15) is 5.56 Å². The van der Waals surface area contributed by atoms with Crippen LogP contribution in [-0.2, 0) is 4.79 Å². The van der Waals surface area contributed by atoms with E-state index >= 15 is 0 Å². The molecule has 0 bridgehead atoms. The van der Waals surface area contributed by atoms with Gasteiger partial charge >= 0.3 is 5.97 Å². The summed E-state index contributed by atoms with van der Waals surface area (Å²) in [6, 6.07) is 3.44. The number of rotatable bonds is 3. The van der Waals surface area contributed by atoms with Gasteiger partial charge in [0.25, 0.3) is 5.69 Å². The molecule has 18 heavy (non-hydrogen) atoms. The van der Waals surface area contributed by atoms with Crippen molar-refractivity contribution in [3.8, 4) is 11.8 Å². The topological polar surface area (TPSA) is 124 Å². The number of hydrogen-bond donors (Lipinski definition) is 2. The van der Waals surface area contributed by atoms with Gasteiger partial charge in [-0.25, -0.2) is 4.79 Å². The van der Waals surface area contributed by atoms with Crippen molar-refractivity contribution < 1.29 is 19.6 Å². The molecule has 0 aliphatic heterocycles. The monoisotopic (exact) mass is 248 g/mol. The Hall–Kier alpha value is -2.88. The number of carbonyl (C=O) groups excluding carboxylic acids is 1. The van der Waals surface area contributed by atoms with E-state index in [-0.39, 0.29) is 12.0 Å². The minimum atomic E-state index is -1.42. The second kappa shape index (κ2) is 5.45. The van der Waals surface area contributed by atoms with E-state index in [9.17, 15) is 19.7 Å². The first-order valence-corrected chi connectivity index (χ1v) is 4.70. The zero-order valence-corrected chi connectivity index (χ0v) is 9.04. The third-order valence-corrected chi connectivity index (χ3v) is 1.92. The van der Waals surface area contributed by atoms with Gasteiger partial charge in [0.05, 0.1) is 11.3 Å². The lowest BCUT2D eigenvalue weighted by Crippen LogP contribution is -2.08. The van der Waals surface area contributed by atoms with Crippen LogP contribution in [0.25, 0.3) is 0 Å². The number of benzene rings is 1. The number of nitrogens with zero attached hydrogens (tertiary/aromatic N) is 1. The first-order chi connectivity index (χ1) is 8.41. The van der Waals surface area contributed by atoms with E-state index in [1.165, 1.54) is 6.07 Å². The second-order valence-electron chi connectivity index (χ2n) is 3.24. The Bertz CT molecular complexity index is 583. The molecule has 0 aliphatic rings. The van der Waals surface area contributed by atoms with Crippen molar-refractivity contribution >= 4 is 17.6 Å². The molecule has 0 atom stereocenters. The quantitative estimate of drug-likeness (QED) is 0.458. The molecule has 0 aliphatic carbocycles. The molecular weight excluding hydrogens is 240 g/mol. The highest BCUT2D eigenvalue weighted by atomic mass is 16.6. The summed E-state index contributed by atoms with van der Waals surface area (Å²) < 4.78 is 0. The Labute approximate surface area is 101 Å². The van der Waals surface area contributed by atoms with Crippen molar-refractivity contribution in [1.82, 2.24) is 0 Å². The molecule has 7 nitrogen and oxygen atoms in total. The second-order valence-corrected chi connectivity index (χ2v) is 3.24. The van der Waals surface area contributed by atoms with Crippen LogP contribution in [0, 0.1) is 22.0 Å². The molecular formula is C11H8N2O5. The summed E-state index contributed by atoms with van der Waals surface area (Å²) in [5, 5.41) is 19.4. The predicted octanol–water partition coefficient (Wildman–Crippen LogP) is 0.520. The lowest BCUT2D eigenvalue weighted by Gasteiger charge is -1.98. The van der Waals surface area contributed by atoms with Crippen molar-refractivity contribution in [2.24, 2.45) is 5.73 Å². The van der Waals surface area contributed by atoms with Crippen LogP contribution in [0.5, 0.6) is 0 Å². The molecule has 0 heterocycles. The molecule has 3 N–H and O–H groups in total. The average Bonchev–Trinajstić information content (AvgIpc) is 2.28. The van der Waals surface area contributed by atoms with Crippen LogP contribution >= 0.6 is 0 Å². The van der Waals surface area contributed by atoms with Gasteiger partial charge in [-0.2, -0.15) is 0 Å². The molecule has 7 heteroatoms. The largest absolute Gasteiger partial charge is 0.477 e. The first kappa shape index (κ1) is 13.2. The van der Waals surface area contributed by atoms with Gasteiger partial charge < -0.3 is 10.8 Å². The third-order valence-electron chi connectivity index (χ3n) is 1.92. The van der Waals surface area contributed by atoms with Crippen molar-refractivity contribution in [2.75, 3.05) is 0 Å². The zero-order chi connectivity index (χ0) is 13.7. The van der Waals surface area contributed by atoms with Gasteiger partial charge in [-0.05, 0) is 12.1 Å². The maximum Gasteiger partial charge on any atom is 0.342 e. The number of carbonyl (C=O) groups is 2. The lowest BCUT2D eigenvalue weighted by molar-refractivity contribution is -0.385. The van der Waals surface area contributed by atoms with E-state index < -0.39 is 28.1 Å². The Morgan fingerprint density at radius 1 is 1.44 bits per heavy atom. The molecule has 1 amide bonds. The number of primary amides is 1. The predicted molar refractivity (Wildman–Crippen MR) is 60.7 cm³/mol. The van der Waals surface area contributed by atoms with Crippen LogP contribution in [0.4, 0.5) is 5.69 Å². The van der Waals surface area contributed by atoms with Gasteiger partial charge in [-0.3, -0.25) is 14.9 Å². The molecule has 0 fully saturated rings. The Morgan fingerprint density at radius 3 is 2.61 bits per heavy atom. The number of carboxylic acid groups (broad SMARTS) is 1. The fourth-order valence-corrected chi connectivity index (χ4v) is 1.18. The Balaban J connectivity index is 3.14. The molecule has 0 unspecified atom stereocenters. The molecule has 1 aromatic carbocycles. The van der Waals surface area contributed by atoms with Gasteiger partial charge in [0, 0.05) is 11.6 Å².